The zero-order valence-corrected chi connectivity index (χ0v) is 21.5. The highest BCUT2D eigenvalue weighted by Crippen LogP contribution is 2.62. The molecule has 7 rings (SSSR count). The molecular weight excluding hydrogens is 552 g/mol. The number of ether oxygens (including phenoxy) is 3. The summed E-state index contributed by atoms with van der Waals surface area (Å²) >= 11 is 0. The van der Waals surface area contributed by atoms with E-state index in [-0.39, 0.29) is 57.6 Å². The van der Waals surface area contributed by atoms with Crippen LogP contribution in [0, 0.1) is 0 Å². The number of phenolic OH excluding ortho intramolecular Hbond substituents is 7. The second kappa shape index (κ2) is 8.65. The topological polar surface area (TPSA) is 210 Å². The largest absolute Gasteiger partial charge is 0.508 e. The Hall–Kier alpha value is -5.20. The fourth-order valence-electron chi connectivity index (χ4n) is 6.09. The van der Waals surface area contributed by atoms with Crippen molar-refractivity contribution in [2.75, 3.05) is 0 Å². The lowest BCUT2D eigenvalue weighted by Crippen LogP contribution is -2.57. The minimum atomic E-state index is -2.12. The van der Waals surface area contributed by atoms with Gasteiger partial charge in [-0.2, -0.15) is 0 Å². The second-order valence-electron chi connectivity index (χ2n) is 10.5. The van der Waals surface area contributed by atoms with E-state index in [1.54, 1.807) is 0 Å². The molecule has 0 fully saturated rings. The minimum absolute atomic E-state index is 0.0166. The summed E-state index contributed by atoms with van der Waals surface area (Å²) in [5.41, 5.74) is 0.813. The van der Waals surface area contributed by atoms with E-state index in [1.807, 2.05) is 0 Å². The molecule has 0 saturated heterocycles. The lowest BCUT2D eigenvalue weighted by atomic mass is 9.74. The van der Waals surface area contributed by atoms with Crippen LogP contribution in [0.3, 0.4) is 0 Å². The molecule has 3 aliphatic heterocycles. The summed E-state index contributed by atoms with van der Waals surface area (Å²) in [5.74, 6) is -6.17. The summed E-state index contributed by atoms with van der Waals surface area (Å²) in [5, 5.41) is 95.1. The van der Waals surface area contributed by atoms with Crippen LogP contribution in [0.1, 0.15) is 39.8 Å². The standard InChI is InChI=1S/C30H24O12/c31-13-7-19(36)24-23(8-13)41-30(12-2-4-16(33)18(35)6-12)29(39)26(24)25-20(37)10-22-14(28(25)42-30)9-21(38)27(40-22)11-1-3-15(32)17(34)5-11/h1-8,10,21,26-27,29,31-39H,9H2/t21-,26-,27-,29+,30+/m0/s1. The number of fused-ring (bicyclic) bond motifs is 8. The van der Waals surface area contributed by atoms with E-state index >= 15 is 0 Å². The Morgan fingerprint density at radius 2 is 1.33 bits per heavy atom. The fourth-order valence-corrected chi connectivity index (χ4v) is 6.09. The van der Waals surface area contributed by atoms with Crippen LogP contribution in [0.15, 0.2) is 54.6 Å². The predicted octanol–water partition coefficient (Wildman–Crippen LogP) is 2.79. The van der Waals surface area contributed by atoms with Crippen molar-refractivity contribution in [3.05, 3.63) is 82.4 Å². The van der Waals surface area contributed by atoms with Crippen molar-refractivity contribution >= 4 is 0 Å². The van der Waals surface area contributed by atoms with Crippen LogP contribution in [-0.2, 0) is 12.2 Å². The molecule has 42 heavy (non-hydrogen) atoms. The monoisotopic (exact) mass is 576 g/mol. The summed E-state index contributed by atoms with van der Waals surface area (Å²) in [6, 6.07) is 11.2. The van der Waals surface area contributed by atoms with Crippen LogP contribution in [0.4, 0.5) is 0 Å². The molecule has 0 aromatic heterocycles. The number of aliphatic hydroxyl groups is 2. The number of benzene rings is 4. The molecule has 2 bridgehead atoms. The van der Waals surface area contributed by atoms with Gasteiger partial charge in [-0.15, -0.1) is 0 Å². The Morgan fingerprint density at radius 3 is 2.05 bits per heavy atom. The molecule has 0 radical (unpaired) electrons. The van der Waals surface area contributed by atoms with Gasteiger partial charge < -0.3 is 60.2 Å². The third-order valence-corrected chi connectivity index (χ3v) is 8.03. The smallest absolute Gasteiger partial charge is 0.305 e. The van der Waals surface area contributed by atoms with Crippen molar-refractivity contribution in [1.29, 1.82) is 0 Å². The predicted molar refractivity (Wildman–Crippen MR) is 141 cm³/mol. The second-order valence-corrected chi connectivity index (χ2v) is 10.5. The number of phenols is 7. The molecule has 5 atom stereocenters. The van der Waals surface area contributed by atoms with Gasteiger partial charge in [0.05, 0.1) is 12.0 Å². The maximum Gasteiger partial charge on any atom is 0.305 e. The quantitative estimate of drug-likeness (QED) is 0.158. The van der Waals surface area contributed by atoms with E-state index < -0.39 is 53.0 Å². The molecule has 0 amide bonds. The Balaban J connectivity index is 1.44. The molecule has 0 spiro atoms. The highest BCUT2D eigenvalue weighted by atomic mass is 16.7. The molecule has 3 heterocycles. The van der Waals surface area contributed by atoms with E-state index in [2.05, 4.69) is 0 Å². The fraction of sp³-hybridized carbons (Fsp3) is 0.200. The third kappa shape index (κ3) is 3.49. The lowest BCUT2D eigenvalue weighted by molar-refractivity contribution is -0.219. The van der Waals surface area contributed by atoms with Gasteiger partial charge >= 0.3 is 5.79 Å². The van der Waals surface area contributed by atoms with Crippen LogP contribution in [0.5, 0.6) is 57.5 Å². The van der Waals surface area contributed by atoms with Crippen LogP contribution in [0.25, 0.3) is 0 Å². The number of rotatable bonds is 2. The Labute approximate surface area is 236 Å². The number of aromatic hydroxyl groups is 7. The minimum Gasteiger partial charge on any atom is -0.508 e. The SMILES string of the molecule is Oc1cc(O)c2c(c1)O[C@]1(c3ccc(O)c(O)c3)Oc3c4c(cc(O)c3[C@H]2[C@H]1O)O[C@@H](c1ccc(O)c(O)c1)[C@@H](O)C4. The molecule has 0 aliphatic carbocycles. The molecule has 0 saturated carbocycles. The van der Waals surface area contributed by atoms with Crippen LogP contribution in [0.2, 0.25) is 0 Å². The number of aliphatic hydroxyl groups excluding tert-OH is 2. The van der Waals surface area contributed by atoms with Gasteiger partial charge in [0.15, 0.2) is 23.0 Å². The van der Waals surface area contributed by atoms with Gasteiger partial charge in [-0.3, -0.25) is 0 Å². The van der Waals surface area contributed by atoms with E-state index in [9.17, 15) is 46.0 Å². The summed E-state index contributed by atoms with van der Waals surface area (Å²) < 4.78 is 18.6. The summed E-state index contributed by atoms with van der Waals surface area (Å²) in [6.07, 6.45) is -3.92. The van der Waals surface area contributed by atoms with Crippen LogP contribution in [-0.4, -0.2) is 58.2 Å². The molecule has 216 valence electrons. The maximum absolute atomic E-state index is 11.8. The van der Waals surface area contributed by atoms with Crippen molar-refractivity contribution in [2.45, 2.75) is 36.4 Å². The normalized spacial score (nSPS) is 25.2. The van der Waals surface area contributed by atoms with Gasteiger partial charge in [0.2, 0.25) is 0 Å². The third-order valence-electron chi connectivity index (χ3n) is 8.03. The van der Waals surface area contributed by atoms with Gasteiger partial charge in [0.25, 0.3) is 0 Å². The van der Waals surface area contributed by atoms with E-state index in [0.717, 1.165) is 12.1 Å². The van der Waals surface area contributed by atoms with Crippen molar-refractivity contribution in [3.8, 4) is 57.5 Å². The van der Waals surface area contributed by atoms with Crippen molar-refractivity contribution < 1.29 is 60.2 Å². The Kier molecular flexibility index (Phi) is 5.30. The highest BCUT2D eigenvalue weighted by Gasteiger charge is 2.60. The Morgan fingerprint density at radius 1 is 0.643 bits per heavy atom. The summed E-state index contributed by atoms with van der Waals surface area (Å²) in [4.78, 5) is 0. The van der Waals surface area contributed by atoms with Crippen molar-refractivity contribution in [3.63, 3.8) is 0 Å². The molecule has 3 aliphatic rings. The maximum atomic E-state index is 11.8. The average molecular weight is 577 g/mol. The highest BCUT2D eigenvalue weighted by molar-refractivity contribution is 5.68. The first-order chi connectivity index (χ1) is 20.0. The zero-order valence-electron chi connectivity index (χ0n) is 21.5. The van der Waals surface area contributed by atoms with E-state index in [4.69, 9.17) is 14.2 Å². The first kappa shape index (κ1) is 25.7. The van der Waals surface area contributed by atoms with Gasteiger partial charge in [0.1, 0.15) is 46.7 Å². The first-order valence-electron chi connectivity index (χ1n) is 12.9. The van der Waals surface area contributed by atoms with E-state index in [1.165, 1.54) is 42.5 Å². The summed E-state index contributed by atoms with van der Waals surface area (Å²) in [7, 11) is 0. The molecule has 12 nitrogen and oxygen atoms in total. The Bertz CT molecular complexity index is 1790. The van der Waals surface area contributed by atoms with Crippen molar-refractivity contribution in [2.24, 2.45) is 0 Å². The van der Waals surface area contributed by atoms with Gasteiger partial charge in [-0.1, -0.05) is 6.07 Å². The molecule has 4 aromatic carbocycles. The number of hydrogen-bond acceptors (Lipinski definition) is 12. The average Bonchev–Trinajstić information content (AvgIpc) is 2.92. The molecular formula is C30H24O12. The van der Waals surface area contributed by atoms with Crippen LogP contribution >= 0.6 is 0 Å². The molecule has 12 heteroatoms. The number of hydrogen-bond donors (Lipinski definition) is 9. The van der Waals surface area contributed by atoms with Gasteiger partial charge in [-0.25, -0.2) is 0 Å². The van der Waals surface area contributed by atoms with Gasteiger partial charge in [0, 0.05) is 46.9 Å². The van der Waals surface area contributed by atoms with E-state index in [0.29, 0.717) is 11.1 Å². The molecule has 4 aromatic rings. The first-order valence-corrected chi connectivity index (χ1v) is 12.9. The molecule has 0 unspecified atom stereocenters. The molecule has 9 N–H and O–H groups in total. The zero-order chi connectivity index (χ0) is 29.7. The van der Waals surface area contributed by atoms with Gasteiger partial charge in [-0.05, 0) is 35.9 Å². The van der Waals surface area contributed by atoms with Crippen LogP contribution < -0.4 is 14.2 Å². The summed E-state index contributed by atoms with van der Waals surface area (Å²) in [6.45, 7) is 0. The van der Waals surface area contributed by atoms with Crippen molar-refractivity contribution in [1.82, 2.24) is 0 Å². The lowest BCUT2D eigenvalue weighted by Gasteiger charge is -2.50.